The normalized spacial score (nSPS) is 22.7. The molecule has 2 aromatic heterocycles. The number of β-lactam (4-membered cyclic amide) rings is 1. The minimum atomic E-state index is -1.33. The number of thioether (sulfide) groups is 1. The molecule has 6 rings (SSSR count). The van der Waals surface area contributed by atoms with Crippen molar-refractivity contribution >= 4 is 52.4 Å². The van der Waals surface area contributed by atoms with E-state index in [1.165, 1.54) is 22.9 Å². The molecule has 0 aromatic carbocycles. The number of fused-ring (bicyclic) bond motifs is 2. The van der Waals surface area contributed by atoms with E-state index >= 15 is 0 Å². The van der Waals surface area contributed by atoms with Gasteiger partial charge >= 0.3 is 42.9 Å². The molecule has 4 aliphatic rings. The van der Waals surface area contributed by atoms with Crippen molar-refractivity contribution in [2.75, 3.05) is 31.1 Å². The zero-order valence-corrected chi connectivity index (χ0v) is 31.2. The van der Waals surface area contributed by atoms with Gasteiger partial charge in [-0.1, -0.05) is 18.2 Å². The fraction of sp³-hybridized carbons (Fsp3) is 0.484. The Balaban J connectivity index is 0.000000473. The third-order valence-corrected chi connectivity index (χ3v) is 10.2. The van der Waals surface area contributed by atoms with Crippen LogP contribution in [0.15, 0.2) is 40.9 Å². The van der Waals surface area contributed by atoms with Gasteiger partial charge in [-0.25, -0.2) is 19.0 Å². The third-order valence-electron chi connectivity index (χ3n) is 8.66. The van der Waals surface area contributed by atoms with Gasteiger partial charge in [-0.2, -0.15) is 0 Å². The summed E-state index contributed by atoms with van der Waals surface area (Å²) in [5.41, 5.74) is 6.04. The van der Waals surface area contributed by atoms with Crippen molar-refractivity contribution in [3.63, 3.8) is 0 Å². The Morgan fingerprint density at radius 3 is 2.49 bits per heavy atom. The molecule has 262 valence electrons. The molecule has 49 heavy (non-hydrogen) atoms. The number of carboxylic acid groups (broad SMARTS) is 2. The van der Waals surface area contributed by atoms with Crippen LogP contribution in [-0.4, -0.2) is 103 Å². The SMILES string of the molecule is CC1(C)S[C@@H]2[C@H](NC(=O)[C@H](N)C3=CCC=CC3)C(=O)N2[C@H]1C(=O)O.CCn1cc(C(=O)O)c(=O)c2cc(F)c(N3CCNCC3)nc21.[Cl-].[H+].[H-].[Na+]. The standard InChI is InChI=1S/C16H21N3O4S.C15H17FN4O3.ClH.Na.H/c1-16(2)11(15(22)23)19-13(21)10(14(19)24-16)18-12(20)9(17)8-6-4-3-5-7-8;1-2-19-8-10(15(22)23)12(21)9-7-11(16)14(18-13(9)19)20-5-3-17-4-6-20;;;/h3-4,7,9-11,14H,5-6,17H2,1-2H3,(H,18,20)(H,22,23);7-8,17H,2-6H2,1H3,(H,22,23);1H;;/q;;;+1;-1/t9-,10-,11+,14-;;;;/m1..../s1. The van der Waals surface area contributed by atoms with Crippen molar-refractivity contribution in [1.29, 1.82) is 0 Å². The number of aryl methyl sites for hydroxylation is 1. The summed E-state index contributed by atoms with van der Waals surface area (Å²) in [5.74, 6) is -3.52. The topological polar surface area (TPSA) is 200 Å². The van der Waals surface area contributed by atoms with Gasteiger partial charge in [-0.15, -0.1) is 11.8 Å². The molecule has 0 unspecified atom stereocenters. The number of anilines is 1. The summed E-state index contributed by atoms with van der Waals surface area (Å²) in [4.78, 5) is 67.1. The number of aliphatic carboxylic acids is 1. The van der Waals surface area contributed by atoms with Crippen LogP contribution in [0.3, 0.4) is 0 Å². The fourth-order valence-corrected chi connectivity index (χ4v) is 7.82. The first-order valence-electron chi connectivity index (χ1n) is 15.3. The van der Waals surface area contributed by atoms with E-state index in [0.717, 1.165) is 31.1 Å². The number of amides is 2. The van der Waals surface area contributed by atoms with Crippen molar-refractivity contribution < 1.29 is 78.6 Å². The largest absolute Gasteiger partial charge is 1.00 e. The van der Waals surface area contributed by atoms with Crippen LogP contribution in [0, 0.1) is 5.82 Å². The first-order valence-corrected chi connectivity index (χ1v) is 16.2. The minimum Gasteiger partial charge on any atom is -1.00 e. The van der Waals surface area contributed by atoms with Crippen LogP contribution >= 0.6 is 11.8 Å². The van der Waals surface area contributed by atoms with Crippen LogP contribution < -0.4 is 68.7 Å². The molecule has 1 aliphatic carbocycles. The predicted octanol–water partition coefficient (Wildman–Crippen LogP) is -4.88. The molecule has 18 heteroatoms. The summed E-state index contributed by atoms with van der Waals surface area (Å²) in [6.07, 6.45) is 8.54. The van der Waals surface area contributed by atoms with E-state index in [-0.39, 0.29) is 72.9 Å². The van der Waals surface area contributed by atoms with Crippen molar-refractivity contribution in [3.05, 3.63) is 57.7 Å². The number of nitrogens with zero attached hydrogens (tertiary/aromatic N) is 4. The predicted molar refractivity (Wildman–Crippen MR) is 176 cm³/mol. The summed E-state index contributed by atoms with van der Waals surface area (Å²) in [6.45, 7) is 8.55. The average molecular weight is 732 g/mol. The summed E-state index contributed by atoms with van der Waals surface area (Å²) in [5, 5.41) is 24.0. The van der Waals surface area contributed by atoms with E-state index in [0.29, 0.717) is 31.7 Å². The maximum absolute atomic E-state index is 14.4. The number of carboxylic acids is 2. The van der Waals surface area contributed by atoms with Gasteiger partial charge in [-0.3, -0.25) is 14.4 Å². The molecule has 4 atom stereocenters. The smallest absolute Gasteiger partial charge is 1.00 e. The van der Waals surface area contributed by atoms with Gasteiger partial charge < -0.3 is 54.8 Å². The van der Waals surface area contributed by atoms with Gasteiger partial charge in [0.05, 0.1) is 5.39 Å². The summed E-state index contributed by atoms with van der Waals surface area (Å²) >= 11 is 1.40. The number of hydrogen-bond donors (Lipinski definition) is 5. The maximum Gasteiger partial charge on any atom is 1.00 e. The molecule has 2 amide bonds. The number of halogens is 2. The zero-order chi connectivity index (χ0) is 34.2. The molecule has 6 N–H and O–H groups in total. The fourth-order valence-electron chi connectivity index (χ4n) is 6.20. The van der Waals surface area contributed by atoms with E-state index in [2.05, 4.69) is 15.6 Å². The van der Waals surface area contributed by atoms with Crippen molar-refractivity contribution in [2.24, 2.45) is 5.73 Å². The molecule has 3 aliphatic heterocycles. The summed E-state index contributed by atoms with van der Waals surface area (Å²) in [7, 11) is 0. The molecule has 0 bridgehead atoms. The number of carbonyl (C=O) groups excluding carboxylic acids is 2. The van der Waals surface area contributed by atoms with Crippen LogP contribution in [0.1, 0.15) is 46.8 Å². The van der Waals surface area contributed by atoms with Crippen LogP contribution in [0.4, 0.5) is 10.2 Å². The quantitative estimate of drug-likeness (QED) is 0.104. The van der Waals surface area contributed by atoms with Crippen LogP contribution in [-0.2, 0) is 20.9 Å². The Bertz CT molecular complexity index is 1760. The molecule has 0 saturated carbocycles. The second-order valence-electron chi connectivity index (χ2n) is 12.1. The van der Waals surface area contributed by atoms with E-state index in [4.69, 9.17) is 10.8 Å². The molecule has 3 fully saturated rings. The van der Waals surface area contributed by atoms with Crippen molar-refractivity contribution in [3.8, 4) is 0 Å². The van der Waals surface area contributed by atoms with Gasteiger partial charge in [0.2, 0.25) is 17.2 Å². The number of nitrogens with two attached hydrogens (primary N) is 1. The first-order chi connectivity index (χ1) is 22.3. The van der Waals surface area contributed by atoms with Crippen molar-refractivity contribution in [1.82, 2.24) is 25.1 Å². The molecular formula is C31H40ClFN7NaO7S. The van der Waals surface area contributed by atoms with E-state index in [1.807, 2.05) is 30.1 Å². The maximum atomic E-state index is 14.4. The first kappa shape index (κ1) is 40.4. The van der Waals surface area contributed by atoms with E-state index < -0.39 is 52.0 Å². The van der Waals surface area contributed by atoms with Crippen molar-refractivity contribution in [2.45, 2.75) is 68.4 Å². The number of carbonyl (C=O) groups is 4. The third kappa shape index (κ3) is 8.00. The number of pyridine rings is 2. The number of aromatic nitrogens is 2. The van der Waals surface area contributed by atoms with Gasteiger partial charge in [0.25, 0.3) is 0 Å². The Morgan fingerprint density at radius 1 is 1.24 bits per heavy atom. The molecular weight excluding hydrogens is 692 g/mol. The molecule has 3 saturated heterocycles. The van der Waals surface area contributed by atoms with Gasteiger partial charge in [0.15, 0.2) is 11.6 Å². The summed E-state index contributed by atoms with van der Waals surface area (Å²) < 4.78 is 15.4. The number of hydrogen-bond acceptors (Lipinski definition) is 10. The Labute approximate surface area is 317 Å². The van der Waals surface area contributed by atoms with Crippen LogP contribution in [0.25, 0.3) is 11.0 Å². The molecule has 14 nitrogen and oxygen atoms in total. The Hall–Kier alpha value is -2.99. The van der Waals surface area contributed by atoms with Gasteiger partial charge in [0, 0.05) is 43.7 Å². The number of allylic oxidation sites excluding steroid dienone is 3. The van der Waals surface area contributed by atoms with Gasteiger partial charge in [0.1, 0.15) is 34.7 Å². The Morgan fingerprint density at radius 2 is 1.92 bits per heavy atom. The van der Waals surface area contributed by atoms with E-state index in [1.54, 1.807) is 18.4 Å². The van der Waals surface area contributed by atoms with E-state index in [9.17, 15) is 33.5 Å². The number of rotatable bonds is 7. The molecule has 2 aromatic rings. The minimum absolute atomic E-state index is 0. The van der Waals surface area contributed by atoms with Crippen LogP contribution in [0.5, 0.6) is 0 Å². The summed E-state index contributed by atoms with van der Waals surface area (Å²) in [6, 6.07) is -1.28. The average Bonchev–Trinajstić information content (AvgIpc) is 3.31. The molecule has 0 spiro atoms. The zero-order valence-electron chi connectivity index (χ0n) is 29.6. The van der Waals surface area contributed by atoms with Gasteiger partial charge in [-0.05, 0) is 45.3 Å². The Kier molecular flexibility index (Phi) is 13.5. The molecule has 5 heterocycles. The number of aromatic carboxylic acids is 1. The number of nitrogens with one attached hydrogen (secondary N) is 2. The number of piperazine rings is 1. The van der Waals surface area contributed by atoms with Crippen LogP contribution in [0.2, 0.25) is 0 Å². The molecule has 0 radical (unpaired) electrons. The monoisotopic (exact) mass is 731 g/mol. The second kappa shape index (κ2) is 16.4. The second-order valence-corrected chi connectivity index (χ2v) is 13.9.